The van der Waals surface area contributed by atoms with Gasteiger partial charge in [0.2, 0.25) is 0 Å². The quantitative estimate of drug-likeness (QED) is 0.777. The van der Waals surface area contributed by atoms with Crippen molar-refractivity contribution in [3.8, 4) is 11.1 Å². The van der Waals surface area contributed by atoms with Gasteiger partial charge < -0.3 is 11.1 Å². The van der Waals surface area contributed by atoms with Crippen molar-refractivity contribution in [2.75, 3.05) is 13.1 Å². The van der Waals surface area contributed by atoms with E-state index in [0.717, 1.165) is 11.1 Å². The first-order valence-electron chi connectivity index (χ1n) is 5.40. The highest BCUT2D eigenvalue weighted by molar-refractivity contribution is 5.98. The van der Waals surface area contributed by atoms with E-state index in [0.29, 0.717) is 18.8 Å². The number of amides is 1. The number of H-pyrrole nitrogens is 1. The molecule has 1 aromatic heterocycles. The molecule has 18 heavy (non-hydrogen) atoms. The molecule has 6 heteroatoms. The Kier molecular flexibility index (Phi) is 5.35. The topological polar surface area (TPSA) is 83.8 Å². The third-order valence-corrected chi connectivity index (χ3v) is 2.37. The molecule has 0 aliphatic carbocycles. The molecule has 2 aromatic rings. The van der Waals surface area contributed by atoms with Crippen LogP contribution in [-0.4, -0.2) is 29.2 Å². The van der Waals surface area contributed by atoms with Crippen LogP contribution in [0.5, 0.6) is 0 Å². The van der Waals surface area contributed by atoms with Crippen molar-refractivity contribution >= 4 is 18.3 Å². The maximum Gasteiger partial charge on any atom is 0.272 e. The summed E-state index contributed by atoms with van der Waals surface area (Å²) in [6.07, 6.45) is 1.71. The summed E-state index contributed by atoms with van der Waals surface area (Å²) >= 11 is 0. The Labute approximate surface area is 111 Å². The Bertz CT molecular complexity index is 498. The monoisotopic (exact) mass is 266 g/mol. The first kappa shape index (κ1) is 14.2. The SMILES string of the molecule is Cl.NCCNC(=O)c1n[nH]cc1-c1ccccc1. The number of hydrogen-bond acceptors (Lipinski definition) is 3. The molecule has 0 radical (unpaired) electrons. The van der Waals surface area contributed by atoms with Gasteiger partial charge in [0.25, 0.3) is 5.91 Å². The van der Waals surface area contributed by atoms with E-state index < -0.39 is 0 Å². The van der Waals surface area contributed by atoms with Gasteiger partial charge in [-0.3, -0.25) is 9.89 Å². The van der Waals surface area contributed by atoms with Crippen molar-refractivity contribution in [3.63, 3.8) is 0 Å². The van der Waals surface area contributed by atoms with Gasteiger partial charge in [0.1, 0.15) is 0 Å². The zero-order valence-corrected chi connectivity index (χ0v) is 10.5. The number of hydrogen-bond donors (Lipinski definition) is 3. The van der Waals surface area contributed by atoms with Gasteiger partial charge in [-0.05, 0) is 5.56 Å². The van der Waals surface area contributed by atoms with Gasteiger partial charge in [-0.15, -0.1) is 12.4 Å². The van der Waals surface area contributed by atoms with Gasteiger partial charge >= 0.3 is 0 Å². The van der Waals surface area contributed by atoms with Crippen molar-refractivity contribution in [1.82, 2.24) is 15.5 Å². The molecule has 0 atom stereocenters. The van der Waals surface area contributed by atoms with Crippen LogP contribution in [0.25, 0.3) is 11.1 Å². The number of nitrogens with zero attached hydrogens (tertiary/aromatic N) is 1. The van der Waals surface area contributed by atoms with Crippen molar-refractivity contribution in [2.45, 2.75) is 0 Å². The van der Waals surface area contributed by atoms with Crippen LogP contribution in [0.2, 0.25) is 0 Å². The number of rotatable bonds is 4. The molecule has 0 aliphatic heterocycles. The Morgan fingerprint density at radius 1 is 1.33 bits per heavy atom. The second-order valence-electron chi connectivity index (χ2n) is 3.56. The number of halogens is 1. The molecule has 5 nitrogen and oxygen atoms in total. The van der Waals surface area contributed by atoms with Gasteiger partial charge in [0.05, 0.1) is 0 Å². The zero-order valence-electron chi connectivity index (χ0n) is 9.72. The molecule has 0 bridgehead atoms. The molecule has 0 spiro atoms. The Hall–Kier alpha value is -1.85. The second kappa shape index (κ2) is 6.78. The fraction of sp³-hybridized carbons (Fsp3) is 0.167. The molecule has 1 amide bonds. The number of aromatic amines is 1. The van der Waals surface area contributed by atoms with E-state index in [1.165, 1.54) is 0 Å². The highest BCUT2D eigenvalue weighted by atomic mass is 35.5. The Morgan fingerprint density at radius 3 is 2.72 bits per heavy atom. The summed E-state index contributed by atoms with van der Waals surface area (Å²) in [6, 6.07) is 9.64. The minimum Gasteiger partial charge on any atom is -0.349 e. The van der Waals surface area contributed by atoms with Gasteiger partial charge in [-0.25, -0.2) is 0 Å². The van der Waals surface area contributed by atoms with Crippen LogP contribution in [0.15, 0.2) is 36.5 Å². The number of carbonyl (C=O) groups is 1. The highest BCUT2D eigenvalue weighted by Gasteiger charge is 2.14. The molecule has 1 aromatic carbocycles. The number of carbonyl (C=O) groups excluding carboxylic acids is 1. The largest absolute Gasteiger partial charge is 0.349 e. The summed E-state index contributed by atoms with van der Waals surface area (Å²) in [5, 5.41) is 9.38. The Balaban J connectivity index is 0.00000162. The van der Waals surface area contributed by atoms with Crippen LogP contribution < -0.4 is 11.1 Å². The molecule has 2 rings (SSSR count). The van der Waals surface area contributed by atoms with E-state index >= 15 is 0 Å². The smallest absolute Gasteiger partial charge is 0.272 e. The van der Waals surface area contributed by atoms with Gasteiger partial charge in [-0.1, -0.05) is 30.3 Å². The zero-order chi connectivity index (χ0) is 12.1. The lowest BCUT2D eigenvalue weighted by atomic mass is 10.1. The maximum absolute atomic E-state index is 11.8. The average molecular weight is 267 g/mol. The van der Waals surface area contributed by atoms with Crippen molar-refractivity contribution < 1.29 is 4.79 Å². The summed E-state index contributed by atoms with van der Waals surface area (Å²) in [6.45, 7) is 0.858. The predicted octanol–water partition coefficient (Wildman–Crippen LogP) is 1.19. The lowest BCUT2D eigenvalue weighted by Gasteiger charge is -2.03. The van der Waals surface area contributed by atoms with Crippen molar-refractivity contribution in [2.24, 2.45) is 5.73 Å². The molecule has 1 heterocycles. The van der Waals surface area contributed by atoms with E-state index in [1.807, 2.05) is 30.3 Å². The fourth-order valence-corrected chi connectivity index (χ4v) is 1.57. The van der Waals surface area contributed by atoms with Crippen LogP contribution in [0.3, 0.4) is 0 Å². The van der Waals surface area contributed by atoms with Gasteiger partial charge in [-0.2, -0.15) is 5.10 Å². The number of benzene rings is 1. The third kappa shape index (κ3) is 3.09. The van der Waals surface area contributed by atoms with Crippen LogP contribution in [-0.2, 0) is 0 Å². The molecular weight excluding hydrogens is 252 g/mol. The first-order valence-corrected chi connectivity index (χ1v) is 5.40. The number of nitrogens with two attached hydrogens (primary N) is 1. The maximum atomic E-state index is 11.8. The lowest BCUT2D eigenvalue weighted by molar-refractivity contribution is 0.0950. The molecule has 0 unspecified atom stereocenters. The average Bonchev–Trinajstić information content (AvgIpc) is 2.86. The van der Waals surface area contributed by atoms with Crippen LogP contribution >= 0.6 is 12.4 Å². The summed E-state index contributed by atoms with van der Waals surface area (Å²) < 4.78 is 0. The van der Waals surface area contributed by atoms with E-state index in [2.05, 4.69) is 15.5 Å². The molecule has 0 aliphatic rings. The van der Waals surface area contributed by atoms with E-state index in [9.17, 15) is 4.79 Å². The lowest BCUT2D eigenvalue weighted by Crippen LogP contribution is -2.29. The van der Waals surface area contributed by atoms with Gasteiger partial charge in [0.15, 0.2) is 5.69 Å². The minimum absolute atomic E-state index is 0. The third-order valence-electron chi connectivity index (χ3n) is 2.37. The highest BCUT2D eigenvalue weighted by Crippen LogP contribution is 2.21. The van der Waals surface area contributed by atoms with Crippen molar-refractivity contribution in [3.05, 3.63) is 42.2 Å². The minimum atomic E-state index is -0.212. The number of aromatic nitrogens is 2. The molecule has 4 N–H and O–H groups in total. The summed E-state index contributed by atoms with van der Waals surface area (Å²) in [4.78, 5) is 11.8. The fourth-order valence-electron chi connectivity index (χ4n) is 1.57. The van der Waals surface area contributed by atoms with Crippen LogP contribution in [0.1, 0.15) is 10.5 Å². The summed E-state index contributed by atoms with van der Waals surface area (Å²) in [7, 11) is 0. The summed E-state index contributed by atoms with van der Waals surface area (Å²) in [5.41, 5.74) is 7.48. The summed E-state index contributed by atoms with van der Waals surface area (Å²) in [5.74, 6) is -0.212. The van der Waals surface area contributed by atoms with E-state index in [4.69, 9.17) is 5.73 Å². The predicted molar refractivity (Wildman–Crippen MR) is 72.7 cm³/mol. The normalized spacial score (nSPS) is 9.61. The van der Waals surface area contributed by atoms with Gasteiger partial charge in [0, 0.05) is 24.8 Å². The number of nitrogens with one attached hydrogen (secondary N) is 2. The molecular formula is C12H15ClN4O. The molecule has 0 saturated carbocycles. The molecule has 0 saturated heterocycles. The van der Waals surface area contributed by atoms with Crippen LogP contribution in [0.4, 0.5) is 0 Å². The molecule has 96 valence electrons. The molecule has 0 fully saturated rings. The van der Waals surface area contributed by atoms with Crippen LogP contribution in [0, 0.1) is 0 Å². The van der Waals surface area contributed by atoms with E-state index in [-0.39, 0.29) is 18.3 Å². The standard InChI is InChI=1S/C12H14N4O.ClH/c13-6-7-14-12(17)11-10(8-15-16-11)9-4-2-1-3-5-9;/h1-5,8H,6-7,13H2,(H,14,17)(H,15,16);1H. The van der Waals surface area contributed by atoms with Crippen molar-refractivity contribution in [1.29, 1.82) is 0 Å². The second-order valence-corrected chi connectivity index (χ2v) is 3.56. The van der Waals surface area contributed by atoms with E-state index in [1.54, 1.807) is 6.20 Å². The Morgan fingerprint density at radius 2 is 2.06 bits per heavy atom. The first-order chi connectivity index (χ1) is 8.33.